The summed E-state index contributed by atoms with van der Waals surface area (Å²) in [5.74, 6) is 0.0281. The van der Waals surface area contributed by atoms with Crippen molar-refractivity contribution >= 4 is 10.0 Å². The SMILES string of the molecule is CCS(=O)(=O)n1ccc(-c2ccc3c(c2)COC3(C)C)n1. The molecule has 0 saturated heterocycles. The predicted molar refractivity (Wildman–Crippen MR) is 80.3 cm³/mol. The second-order valence-electron chi connectivity index (χ2n) is 5.65. The summed E-state index contributed by atoms with van der Waals surface area (Å²) < 4.78 is 30.4. The monoisotopic (exact) mass is 306 g/mol. The molecule has 0 saturated carbocycles. The van der Waals surface area contributed by atoms with Gasteiger partial charge in [-0.05, 0) is 44.0 Å². The van der Waals surface area contributed by atoms with Crippen molar-refractivity contribution in [2.75, 3.05) is 5.75 Å². The fourth-order valence-electron chi connectivity index (χ4n) is 2.54. The lowest BCUT2D eigenvalue weighted by atomic mass is 9.94. The van der Waals surface area contributed by atoms with Crippen LogP contribution in [0.25, 0.3) is 11.3 Å². The summed E-state index contributed by atoms with van der Waals surface area (Å²) in [6.45, 7) is 6.26. The van der Waals surface area contributed by atoms with E-state index in [0.717, 1.165) is 15.2 Å². The van der Waals surface area contributed by atoms with Gasteiger partial charge in [-0.25, -0.2) is 8.42 Å². The van der Waals surface area contributed by atoms with Crippen LogP contribution in [0.15, 0.2) is 30.5 Å². The van der Waals surface area contributed by atoms with Crippen molar-refractivity contribution in [1.82, 2.24) is 9.19 Å². The van der Waals surface area contributed by atoms with Gasteiger partial charge in [-0.15, -0.1) is 0 Å². The highest BCUT2D eigenvalue weighted by Crippen LogP contribution is 2.37. The first-order valence-corrected chi connectivity index (χ1v) is 8.51. The highest BCUT2D eigenvalue weighted by atomic mass is 32.2. The van der Waals surface area contributed by atoms with Gasteiger partial charge in [-0.3, -0.25) is 0 Å². The van der Waals surface area contributed by atoms with Gasteiger partial charge in [-0.2, -0.15) is 9.19 Å². The average Bonchev–Trinajstić information content (AvgIpc) is 3.05. The van der Waals surface area contributed by atoms with Gasteiger partial charge >= 0.3 is 0 Å². The van der Waals surface area contributed by atoms with Crippen molar-refractivity contribution < 1.29 is 13.2 Å². The molecule has 0 unspecified atom stereocenters. The Bertz CT molecular complexity index is 791. The maximum Gasteiger partial charge on any atom is 0.253 e. The lowest BCUT2D eigenvalue weighted by molar-refractivity contribution is -0.00789. The van der Waals surface area contributed by atoms with Crippen LogP contribution in [-0.4, -0.2) is 23.4 Å². The first-order valence-electron chi connectivity index (χ1n) is 6.90. The summed E-state index contributed by atoms with van der Waals surface area (Å²) in [7, 11) is -3.33. The minimum Gasteiger partial charge on any atom is -0.366 e. The van der Waals surface area contributed by atoms with Gasteiger partial charge in [0, 0.05) is 11.8 Å². The molecule has 0 fully saturated rings. The van der Waals surface area contributed by atoms with E-state index in [1.54, 1.807) is 13.0 Å². The molecule has 5 nitrogen and oxygen atoms in total. The lowest BCUT2D eigenvalue weighted by Gasteiger charge is -2.18. The summed E-state index contributed by atoms with van der Waals surface area (Å²) in [5, 5.41) is 4.17. The Labute approximate surface area is 124 Å². The fourth-order valence-corrected chi connectivity index (χ4v) is 3.27. The van der Waals surface area contributed by atoms with Crippen LogP contribution >= 0.6 is 0 Å². The van der Waals surface area contributed by atoms with Crippen molar-refractivity contribution in [3.05, 3.63) is 41.6 Å². The summed E-state index contributed by atoms with van der Waals surface area (Å²) in [5.41, 5.74) is 3.59. The van der Waals surface area contributed by atoms with Crippen molar-refractivity contribution in [2.24, 2.45) is 0 Å². The molecule has 1 aromatic heterocycles. The van der Waals surface area contributed by atoms with E-state index in [9.17, 15) is 8.42 Å². The van der Waals surface area contributed by atoms with Gasteiger partial charge in [0.05, 0.1) is 23.7 Å². The molecule has 2 heterocycles. The molecule has 0 atom stereocenters. The molecular formula is C15H18N2O3S. The van der Waals surface area contributed by atoms with Crippen molar-refractivity contribution in [1.29, 1.82) is 0 Å². The number of hydrogen-bond acceptors (Lipinski definition) is 4. The fraction of sp³-hybridized carbons (Fsp3) is 0.400. The highest BCUT2D eigenvalue weighted by molar-refractivity contribution is 7.89. The summed E-state index contributed by atoms with van der Waals surface area (Å²) in [4.78, 5) is 0. The standard InChI is InChI=1S/C15H18N2O3S/c1-4-21(18,19)17-8-7-14(16-17)11-5-6-13-12(9-11)10-20-15(13,2)3/h5-9H,4,10H2,1-3H3. The van der Waals surface area contributed by atoms with E-state index in [1.165, 1.54) is 11.8 Å². The van der Waals surface area contributed by atoms with E-state index in [1.807, 2.05) is 32.0 Å². The molecule has 0 bridgehead atoms. The maximum absolute atomic E-state index is 11.8. The predicted octanol–water partition coefficient (Wildman–Crippen LogP) is 2.51. The number of nitrogens with zero attached hydrogens (tertiary/aromatic N) is 2. The average molecular weight is 306 g/mol. The first kappa shape index (κ1) is 14.3. The molecule has 0 radical (unpaired) electrons. The van der Waals surface area contributed by atoms with Crippen LogP contribution < -0.4 is 0 Å². The van der Waals surface area contributed by atoms with Crippen LogP contribution in [-0.2, 0) is 27.0 Å². The van der Waals surface area contributed by atoms with Crippen LogP contribution in [0.3, 0.4) is 0 Å². The lowest BCUT2D eigenvalue weighted by Crippen LogP contribution is -2.15. The molecule has 112 valence electrons. The van der Waals surface area contributed by atoms with Gasteiger partial charge in [0.15, 0.2) is 0 Å². The first-order chi connectivity index (χ1) is 9.83. The third-order valence-electron chi connectivity index (χ3n) is 3.85. The molecule has 6 heteroatoms. The second kappa shape index (κ2) is 4.68. The number of benzene rings is 1. The zero-order valence-corrected chi connectivity index (χ0v) is 13.1. The largest absolute Gasteiger partial charge is 0.366 e. The van der Waals surface area contributed by atoms with E-state index in [4.69, 9.17) is 4.74 Å². The maximum atomic E-state index is 11.8. The minimum atomic E-state index is -3.33. The smallest absolute Gasteiger partial charge is 0.253 e. The van der Waals surface area contributed by atoms with Crippen molar-refractivity contribution in [3.63, 3.8) is 0 Å². The normalized spacial score (nSPS) is 16.9. The Hall–Kier alpha value is -1.66. The van der Waals surface area contributed by atoms with E-state index in [0.29, 0.717) is 12.3 Å². The van der Waals surface area contributed by atoms with Crippen molar-refractivity contribution in [2.45, 2.75) is 33.0 Å². The Kier molecular flexibility index (Phi) is 3.18. The van der Waals surface area contributed by atoms with E-state index in [-0.39, 0.29) is 11.4 Å². The van der Waals surface area contributed by atoms with Crippen LogP contribution in [0.4, 0.5) is 0 Å². The van der Waals surface area contributed by atoms with Crippen LogP contribution in [0, 0.1) is 0 Å². The molecule has 21 heavy (non-hydrogen) atoms. The number of hydrogen-bond donors (Lipinski definition) is 0. The van der Waals surface area contributed by atoms with Gasteiger partial charge in [0.1, 0.15) is 0 Å². The molecule has 0 amide bonds. The van der Waals surface area contributed by atoms with Gasteiger partial charge < -0.3 is 4.74 Å². The highest BCUT2D eigenvalue weighted by Gasteiger charge is 2.30. The number of aromatic nitrogens is 2. The molecule has 0 N–H and O–H groups in total. The van der Waals surface area contributed by atoms with E-state index < -0.39 is 10.0 Å². The quantitative estimate of drug-likeness (QED) is 0.874. The Morgan fingerprint density at radius 2 is 2.10 bits per heavy atom. The number of fused-ring (bicyclic) bond motifs is 1. The molecular weight excluding hydrogens is 288 g/mol. The molecule has 0 spiro atoms. The summed E-state index contributed by atoms with van der Waals surface area (Å²) in [6, 6.07) is 7.73. The number of ether oxygens (including phenoxy) is 1. The summed E-state index contributed by atoms with van der Waals surface area (Å²) >= 11 is 0. The molecule has 3 rings (SSSR count). The Morgan fingerprint density at radius 1 is 1.33 bits per heavy atom. The second-order valence-corrected chi connectivity index (χ2v) is 7.76. The Balaban J connectivity index is 2.00. The van der Waals surface area contributed by atoms with Crippen LogP contribution in [0.2, 0.25) is 0 Å². The topological polar surface area (TPSA) is 61.2 Å². The van der Waals surface area contributed by atoms with E-state index >= 15 is 0 Å². The molecule has 1 aliphatic heterocycles. The molecule has 1 aliphatic rings. The third kappa shape index (κ3) is 2.38. The number of rotatable bonds is 3. The zero-order valence-electron chi connectivity index (χ0n) is 12.3. The molecule has 0 aliphatic carbocycles. The molecule has 2 aromatic rings. The van der Waals surface area contributed by atoms with E-state index in [2.05, 4.69) is 5.10 Å². The zero-order chi connectivity index (χ0) is 15.3. The van der Waals surface area contributed by atoms with Crippen LogP contribution in [0.5, 0.6) is 0 Å². The van der Waals surface area contributed by atoms with Gasteiger partial charge in [-0.1, -0.05) is 12.1 Å². The van der Waals surface area contributed by atoms with Crippen LogP contribution in [0.1, 0.15) is 31.9 Å². The van der Waals surface area contributed by atoms with Gasteiger partial charge in [0.25, 0.3) is 10.0 Å². The van der Waals surface area contributed by atoms with Crippen molar-refractivity contribution in [3.8, 4) is 11.3 Å². The van der Waals surface area contributed by atoms with Gasteiger partial charge in [0.2, 0.25) is 0 Å². The third-order valence-corrected chi connectivity index (χ3v) is 5.36. The molecule has 1 aromatic carbocycles. The Morgan fingerprint density at radius 3 is 2.81 bits per heavy atom. The minimum absolute atomic E-state index is 0.0281. The summed E-state index contributed by atoms with van der Waals surface area (Å²) in [6.07, 6.45) is 1.49.